The molecule has 0 radical (unpaired) electrons. The van der Waals surface area contributed by atoms with Gasteiger partial charge in [0.15, 0.2) is 0 Å². The van der Waals surface area contributed by atoms with E-state index in [0.717, 1.165) is 25.8 Å². The summed E-state index contributed by atoms with van der Waals surface area (Å²) in [5, 5.41) is 16.3. The fourth-order valence-corrected chi connectivity index (χ4v) is 2.62. The van der Waals surface area contributed by atoms with E-state index in [2.05, 4.69) is 35.3 Å². The van der Waals surface area contributed by atoms with E-state index in [0.29, 0.717) is 18.4 Å². The molecule has 1 fully saturated rings. The van der Waals surface area contributed by atoms with E-state index in [9.17, 15) is 5.26 Å². The molecular weight excluding hydrogens is 214 g/mol. The number of nitrogens with zero attached hydrogens (tertiary/aromatic N) is 4. The highest BCUT2D eigenvalue weighted by molar-refractivity contribution is 5.12. The van der Waals surface area contributed by atoms with Crippen LogP contribution in [0.1, 0.15) is 39.5 Å². The van der Waals surface area contributed by atoms with Crippen LogP contribution in [0.15, 0.2) is 5.11 Å². The minimum atomic E-state index is -0.381. The second-order valence-corrected chi connectivity index (χ2v) is 4.98. The molecule has 94 valence electrons. The fraction of sp³-hybridized carbons (Fsp3) is 0.917. The zero-order valence-corrected chi connectivity index (χ0v) is 10.7. The molecule has 0 aromatic rings. The van der Waals surface area contributed by atoms with Crippen molar-refractivity contribution in [3.05, 3.63) is 10.4 Å². The molecule has 0 bridgehead atoms. The highest BCUT2D eigenvalue weighted by Crippen LogP contribution is 2.37. The molecule has 0 spiro atoms. The lowest BCUT2D eigenvalue weighted by Gasteiger charge is -2.41. The van der Waals surface area contributed by atoms with E-state index in [4.69, 9.17) is 5.53 Å². The average Bonchev–Trinajstić information content (AvgIpc) is 2.34. The number of nitrogens with one attached hydrogen (secondary N) is 1. The third-order valence-corrected chi connectivity index (χ3v) is 4.00. The van der Waals surface area contributed by atoms with E-state index in [1.807, 2.05) is 0 Å². The zero-order chi connectivity index (χ0) is 12.7. The van der Waals surface area contributed by atoms with Gasteiger partial charge in [-0.25, -0.2) is 0 Å². The van der Waals surface area contributed by atoms with Crippen LogP contribution in [0, 0.1) is 23.2 Å². The summed E-state index contributed by atoms with van der Waals surface area (Å²) in [7, 11) is 0. The molecule has 0 aromatic carbocycles. The molecular formula is C12H21N5. The topological polar surface area (TPSA) is 84.6 Å². The molecule has 0 amide bonds. The number of hydrogen-bond acceptors (Lipinski definition) is 3. The monoisotopic (exact) mass is 235 g/mol. The smallest absolute Gasteiger partial charge is 0.109 e. The van der Waals surface area contributed by atoms with Crippen molar-refractivity contribution in [2.45, 2.75) is 45.1 Å². The van der Waals surface area contributed by atoms with Gasteiger partial charge in [0.2, 0.25) is 0 Å². The van der Waals surface area contributed by atoms with Gasteiger partial charge in [0, 0.05) is 11.5 Å². The van der Waals surface area contributed by atoms with Gasteiger partial charge in [-0.15, -0.1) is 0 Å². The first-order chi connectivity index (χ1) is 8.16. The van der Waals surface area contributed by atoms with Gasteiger partial charge in [-0.2, -0.15) is 5.26 Å². The van der Waals surface area contributed by atoms with E-state index in [-0.39, 0.29) is 5.54 Å². The van der Waals surface area contributed by atoms with Gasteiger partial charge >= 0.3 is 0 Å². The maximum atomic E-state index is 9.44. The van der Waals surface area contributed by atoms with Gasteiger partial charge in [0.25, 0.3) is 0 Å². The van der Waals surface area contributed by atoms with Crippen LogP contribution in [-0.4, -0.2) is 18.6 Å². The van der Waals surface area contributed by atoms with Gasteiger partial charge in [0.1, 0.15) is 5.54 Å². The molecule has 3 unspecified atom stereocenters. The molecule has 0 heterocycles. The first-order valence-corrected chi connectivity index (χ1v) is 6.33. The Morgan fingerprint density at radius 3 is 3.00 bits per heavy atom. The largest absolute Gasteiger partial charge is 0.299 e. The van der Waals surface area contributed by atoms with E-state index >= 15 is 0 Å². The maximum absolute atomic E-state index is 9.44. The summed E-state index contributed by atoms with van der Waals surface area (Å²) in [5.41, 5.74) is 7.79. The molecule has 1 aliphatic rings. The minimum Gasteiger partial charge on any atom is -0.299 e. The Bertz CT molecular complexity index is 328. The van der Waals surface area contributed by atoms with Crippen LogP contribution >= 0.6 is 0 Å². The highest BCUT2D eigenvalue weighted by atomic mass is 15.1. The van der Waals surface area contributed by atoms with Crippen LogP contribution in [-0.2, 0) is 0 Å². The van der Waals surface area contributed by atoms with Crippen molar-refractivity contribution < 1.29 is 0 Å². The van der Waals surface area contributed by atoms with Crippen LogP contribution in [0.4, 0.5) is 0 Å². The Morgan fingerprint density at radius 2 is 2.35 bits per heavy atom. The molecule has 1 N–H and O–H groups in total. The normalized spacial score (nSPS) is 32.5. The van der Waals surface area contributed by atoms with Crippen LogP contribution in [0.25, 0.3) is 10.4 Å². The lowest BCUT2D eigenvalue weighted by Crippen LogP contribution is -2.53. The molecule has 1 rings (SSSR count). The molecule has 0 aliphatic heterocycles. The van der Waals surface area contributed by atoms with Crippen molar-refractivity contribution in [1.82, 2.24) is 5.32 Å². The number of rotatable bonds is 5. The van der Waals surface area contributed by atoms with Crippen molar-refractivity contribution in [3.8, 4) is 6.07 Å². The molecule has 1 aliphatic carbocycles. The molecule has 1 saturated carbocycles. The quantitative estimate of drug-likeness (QED) is 0.344. The average molecular weight is 235 g/mol. The summed E-state index contributed by atoms with van der Waals surface area (Å²) in [5.74, 6) is 0.966. The predicted molar refractivity (Wildman–Crippen MR) is 67.2 cm³/mol. The second kappa shape index (κ2) is 6.48. The van der Waals surface area contributed by atoms with Crippen molar-refractivity contribution in [1.29, 1.82) is 5.26 Å². The highest BCUT2D eigenvalue weighted by Gasteiger charge is 2.41. The summed E-state index contributed by atoms with van der Waals surface area (Å²) < 4.78 is 0. The third-order valence-electron chi connectivity index (χ3n) is 4.00. The molecule has 3 atom stereocenters. The van der Waals surface area contributed by atoms with Gasteiger partial charge < -0.3 is 0 Å². The van der Waals surface area contributed by atoms with Gasteiger partial charge in [-0.05, 0) is 36.8 Å². The summed E-state index contributed by atoms with van der Waals surface area (Å²) in [6.07, 6.45) is 4.04. The fourth-order valence-electron chi connectivity index (χ4n) is 2.62. The Morgan fingerprint density at radius 1 is 1.59 bits per heavy atom. The van der Waals surface area contributed by atoms with Gasteiger partial charge in [-0.1, -0.05) is 31.8 Å². The second-order valence-electron chi connectivity index (χ2n) is 4.98. The van der Waals surface area contributed by atoms with E-state index in [1.165, 1.54) is 6.42 Å². The van der Waals surface area contributed by atoms with Gasteiger partial charge in [-0.3, -0.25) is 5.32 Å². The Labute approximate surface area is 103 Å². The van der Waals surface area contributed by atoms with Crippen LogP contribution in [0.3, 0.4) is 0 Å². The minimum absolute atomic E-state index is 0.376. The molecule has 0 saturated heterocycles. The van der Waals surface area contributed by atoms with Crippen molar-refractivity contribution >= 4 is 0 Å². The Kier molecular flexibility index (Phi) is 5.27. The lowest BCUT2D eigenvalue weighted by atomic mass is 9.69. The number of azide groups is 1. The molecule has 5 nitrogen and oxygen atoms in total. The summed E-state index contributed by atoms with van der Waals surface area (Å²) >= 11 is 0. The number of hydrogen-bond donors (Lipinski definition) is 1. The summed E-state index contributed by atoms with van der Waals surface area (Å²) in [6, 6.07) is 2.47. The van der Waals surface area contributed by atoms with Crippen LogP contribution in [0.2, 0.25) is 0 Å². The third kappa shape index (κ3) is 3.36. The first-order valence-electron chi connectivity index (χ1n) is 6.33. The van der Waals surface area contributed by atoms with Crippen molar-refractivity contribution in [2.75, 3.05) is 13.1 Å². The Balaban J connectivity index is 2.50. The maximum Gasteiger partial charge on any atom is 0.109 e. The van der Waals surface area contributed by atoms with Crippen LogP contribution < -0.4 is 5.32 Å². The number of nitriles is 1. The molecule has 17 heavy (non-hydrogen) atoms. The first kappa shape index (κ1) is 13.8. The summed E-state index contributed by atoms with van der Waals surface area (Å²) in [4.78, 5) is 2.72. The van der Waals surface area contributed by atoms with Crippen molar-refractivity contribution in [3.63, 3.8) is 0 Å². The zero-order valence-electron chi connectivity index (χ0n) is 10.7. The van der Waals surface area contributed by atoms with E-state index < -0.39 is 0 Å². The van der Waals surface area contributed by atoms with Gasteiger partial charge in [0.05, 0.1) is 6.07 Å². The molecule has 0 aromatic heterocycles. The van der Waals surface area contributed by atoms with Crippen LogP contribution in [0.5, 0.6) is 0 Å². The van der Waals surface area contributed by atoms with E-state index in [1.54, 1.807) is 0 Å². The summed E-state index contributed by atoms with van der Waals surface area (Å²) in [6.45, 7) is 5.61. The Hall–Kier alpha value is -1.24. The lowest BCUT2D eigenvalue weighted by molar-refractivity contribution is 0.153. The van der Waals surface area contributed by atoms with Crippen molar-refractivity contribution in [2.24, 2.45) is 17.0 Å². The standard InChI is InChI=1S/C12H21N5/c1-10-5-3-6-12(9-13,11(10)2)15-7-4-8-16-17-14/h10-11,15H,3-8H2,1-2H3. The predicted octanol–water partition coefficient (Wildman–Crippen LogP) is 2.99. The molecule has 5 heteroatoms. The SMILES string of the molecule is CC1CCCC(C#N)(NCCCN=[N+]=[N-])C1C.